The predicted molar refractivity (Wildman–Crippen MR) is 150 cm³/mol. The van der Waals surface area contributed by atoms with Crippen LogP contribution in [0, 0.1) is 13.8 Å². The molecule has 0 unspecified atom stereocenters. The van der Waals surface area contributed by atoms with E-state index >= 15 is 0 Å². The molecule has 1 fully saturated rings. The van der Waals surface area contributed by atoms with Gasteiger partial charge < -0.3 is 15.0 Å². The maximum absolute atomic E-state index is 13.8. The average Bonchev–Trinajstić information content (AvgIpc) is 3.38. The van der Waals surface area contributed by atoms with Crippen LogP contribution >= 0.6 is 15.9 Å². The zero-order valence-electron chi connectivity index (χ0n) is 21.6. The smallest absolute Gasteiger partial charge is 0.261 e. The summed E-state index contributed by atoms with van der Waals surface area (Å²) >= 11 is 3.53. The number of hydrogen-bond acceptors (Lipinski definition) is 3. The number of ether oxygens (including phenoxy) is 1. The Hall–Kier alpha value is -3.12. The van der Waals surface area contributed by atoms with E-state index in [9.17, 15) is 9.59 Å². The number of carbonyl (C=O) groups is 2. The van der Waals surface area contributed by atoms with Crippen molar-refractivity contribution in [3.05, 3.63) is 99.5 Å². The molecule has 0 aromatic heterocycles. The van der Waals surface area contributed by atoms with Gasteiger partial charge in [0.15, 0.2) is 6.61 Å². The number of aryl methyl sites for hydroxylation is 2. The van der Waals surface area contributed by atoms with Crippen LogP contribution in [0.25, 0.3) is 0 Å². The molecule has 4 rings (SSSR count). The topological polar surface area (TPSA) is 58.6 Å². The summed E-state index contributed by atoms with van der Waals surface area (Å²) in [6.07, 6.45) is 4.65. The Labute approximate surface area is 228 Å². The van der Waals surface area contributed by atoms with E-state index in [2.05, 4.69) is 27.3 Å². The van der Waals surface area contributed by atoms with Crippen LogP contribution in [0.1, 0.15) is 47.9 Å². The van der Waals surface area contributed by atoms with Gasteiger partial charge >= 0.3 is 0 Å². The van der Waals surface area contributed by atoms with Gasteiger partial charge in [0.2, 0.25) is 5.91 Å². The van der Waals surface area contributed by atoms with Crippen molar-refractivity contribution < 1.29 is 14.3 Å². The lowest BCUT2D eigenvalue weighted by Gasteiger charge is -2.32. The lowest BCUT2D eigenvalue weighted by atomic mass is 10.0. The number of benzene rings is 3. The molecule has 0 spiro atoms. The van der Waals surface area contributed by atoms with Gasteiger partial charge in [0.05, 0.1) is 0 Å². The number of rotatable bonds is 10. The van der Waals surface area contributed by atoms with Crippen molar-refractivity contribution >= 4 is 27.7 Å². The highest BCUT2D eigenvalue weighted by Gasteiger charge is 2.32. The van der Waals surface area contributed by atoms with E-state index in [0.717, 1.165) is 52.4 Å². The molecular weight excluding hydrogens is 528 g/mol. The van der Waals surface area contributed by atoms with Gasteiger partial charge in [-0.1, -0.05) is 77.3 Å². The van der Waals surface area contributed by atoms with E-state index in [1.54, 1.807) is 4.90 Å². The number of hydrogen-bond donors (Lipinski definition) is 1. The molecule has 37 heavy (non-hydrogen) atoms. The standard InChI is InChI=1S/C31H35BrN2O3/c1-22-15-23(2)17-28(16-22)37-21-30(35)34(20-25-11-8-12-26(32)18-25)29(19-24-9-4-3-5-10-24)31(36)33-27-13-6-7-14-27/h3-5,8-12,15-18,27,29H,6-7,13-14,19-21H2,1-2H3,(H,33,36)/t29-/m0/s1. The largest absolute Gasteiger partial charge is 0.484 e. The summed E-state index contributed by atoms with van der Waals surface area (Å²) in [5.41, 5.74) is 4.11. The summed E-state index contributed by atoms with van der Waals surface area (Å²) in [7, 11) is 0. The first-order chi connectivity index (χ1) is 17.9. The molecule has 0 heterocycles. The fraction of sp³-hybridized carbons (Fsp3) is 0.355. The second-order valence-corrected chi connectivity index (χ2v) is 10.9. The first-order valence-corrected chi connectivity index (χ1v) is 13.8. The molecule has 194 valence electrons. The second-order valence-electron chi connectivity index (χ2n) is 9.96. The predicted octanol–water partition coefficient (Wildman–Crippen LogP) is 6.14. The molecule has 0 bridgehead atoms. The molecule has 1 aliphatic rings. The summed E-state index contributed by atoms with van der Waals surface area (Å²) in [5, 5.41) is 3.24. The van der Waals surface area contributed by atoms with Crippen molar-refractivity contribution in [3.8, 4) is 5.75 Å². The molecule has 1 saturated carbocycles. The van der Waals surface area contributed by atoms with Gasteiger partial charge in [-0.3, -0.25) is 9.59 Å². The van der Waals surface area contributed by atoms with Crippen LogP contribution in [0.3, 0.4) is 0 Å². The molecule has 0 radical (unpaired) electrons. The highest BCUT2D eigenvalue weighted by Crippen LogP contribution is 2.22. The molecule has 1 atom stereocenters. The van der Waals surface area contributed by atoms with E-state index in [4.69, 9.17) is 4.74 Å². The molecule has 0 saturated heterocycles. The Morgan fingerprint density at radius 3 is 2.30 bits per heavy atom. The minimum atomic E-state index is -0.655. The fourth-order valence-corrected chi connectivity index (χ4v) is 5.44. The molecule has 0 aliphatic heterocycles. The molecule has 1 aliphatic carbocycles. The molecule has 3 aromatic rings. The van der Waals surface area contributed by atoms with Crippen molar-refractivity contribution in [2.75, 3.05) is 6.61 Å². The van der Waals surface area contributed by atoms with Crippen LogP contribution in [0.4, 0.5) is 0 Å². The maximum atomic E-state index is 13.8. The lowest BCUT2D eigenvalue weighted by Crippen LogP contribution is -2.53. The minimum Gasteiger partial charge on any atom is -0.484 e. The molecule has 3 aromatic carbocycles. The molecular formula is C31H35BrN2O3. The Morgan fingerprint density at radius 2 is 1.62 bits per heavy atom. The van der Waals surface area contributed by atoms with Gasteiger partial charge in [-0.25, -0.2) is 0 Å². The van der Waals surface area contributed by atoms with Crippen LogP contribution in [0.5, 0.6) is 5.75 Å². The van der Waals surface area contributed by atoms with Crippen LogP contribution in [-0.4, -0.2) is 35.4 Å². The molecule has 6 heteroatoms. The van der Waals surface area contributed by atoms with Gasteiger partial charge in [0.1, 0.15) is 11.8 Å². The van der Waals surface area contributed by atoms with E-state index in [0.29, 0.717) is 18.7 Å². The number of amides is 2. The molecule has 2 amide bonds. The van der Waals surface area contributed by atoms with E-state index < -0.39 is 6.04 Å². The van der Waals surface area contributed by atoms with E-state index in [1.807, 2.05) is 80.6 Å². The van der Waals surface area contributed by atoms with Crippen molar-refractivity contribution in [1.82, 2.24) is 10.2 Å². The highest BCUT2D eigenvalue weighted by atomic mass is 79.9. The van der Waals surface area contributed by atoms with Crippen LogP contribution in [-0.2, 0) is 22.6 Å². The summed E-state index contributed by atoms with van der Waals surface area (Å²) in [5.74, 6) is 0.329. The van der Waals surface area contributed by atoms with Crippen molar-refractivity contribution in [3.63, 3.8) is 0 Å². The van der Waals surface area contributed by atoms with Crippen LogP contribution < -0.4 is 10.1 Å². The second kappa shape index (κ2) is 12.9. The summed E-state index contributed by atoms with van der Waals surface area (Å²) < 4.78 is 6.88. The van der Waals surface area contributed by atoms with Crippen molar-refractivity contribution in [2.45, 2.75) is 64.6 Å². The summed E-state index contributed by atoms with van der Waals surface area (Å²) in [4.78, 5) is 29.2. The van der Waals surface area contributed by atoms with Gasteiger partial charge in [-0.2, -0.15) is 0 Å². The Morgan fingerprint density at radius 1 is 0.946 bits per heavy atom. The quantitative estimate of drug-likeness (QED) is 0.322. The average molecular weight is 564 g/mol. The van der Waals surface area contributed by atoms with Gasteiger partial charge in [0, 0.05) is 23.5 Å². The molecule has 5 nitrogen and oxygen atoms in total. The van der Waals surface area contributed by atoms with Gasteiger partial charge in [-0.05, 0) is 73.2 Å². The number of halogens is 1. The first kappa shape index (κ1) is 26.9. The Bertz CT molecular complexity index is 1190. The van der Waals surface area contributed by atoms with Crippen molar-refractivity contribution in [1.29, 1.82) is 0 Å². The zero-order valence-corrected chi connectivity index (χ0v) is 23.2. The maximum Gasteiger partial charge on any atom is 0.261 e. The van der Waals surface area contributed by atoms with E-state index in [-0.39, 0.29) is 24.5 Å². The summed E-state index contributed by atoms with van der Waals surface area (Å²) in [6, 6.07) is 23.2. The Kier molecular flexibility index (Phi) is 9.40. The monoisotopic (exact) mass is 562 g/mol. The third kappa shape index (κ3) is 7.93. The normalized spacial score (nSPS) is 14.2. The fourth-order valence-electron chi connectivity index (χ4n) is 5.00. The number of carbonyl (C=O) groups excluding carboxylic acids is 2. The SMILES string of the molecule is Cc1cc(C)cc(OCC(=O)N(Cc2cccc(Br)c2)[C@@H](Cc2ccccc2)C(=O)NC2CCCC2)c1. The minimum absolute atomic E-state index is 0.106. The van der Waals surface area contributed by atoms with Gasteiger partial charge in [-0.15, -0.1) is 0 Å². The third-order valence-corrected chi connectivity index (χ3v) is 7.27. The number of nitrogens with zero attached hydrogens (tertiary/aromatic N) is 1. The van der Waals surface area contributed by atoms with E-state index in [1.165, 1.54) is 0 Å². The Balaban J connectivity index is 1.62. The number of nitrogens with one attached hydrogen (secondary N) is 1. The summed E-state index contributed by atoms with van der Waals surface area (Å²) in [6.45, 7) is 4.18. The first-order valence-electron chi connectivity index (χ1n) is 13.0. The van der Waals surface area contributed by atoms with Crippen LogP contribution in [0.15, 0.2) is 77.3 Å². The van der Waals surface area contributed by atoms with Crippen LogP contribution in [0.2, 0.25) is 0 Å². The van der Waals surface area contributed by atoms with Crippen molar-refractivity contribution in [2.24, 2.45) is 0 Å². The van der Waals surface area contributed by atoms with Gasteiger partial charge in [0.25, 0.3) is 5.91 Å². The molecule has 1 N–H and O–H groups in total. The lowest BCUT2D eigenvalue weighted by molar-refractivity contribution is -0.143. The zero-order chi connectivity index (χ0) is 26.2. The highest BCUT2D eigenvalue weighted by molar-refractivity contribution is 9.10. The third-order valence-electron chi connectivity index (χ3n) is 6.77.